The largest absolute Gasteiger partial charge is 0.295 e. The summed E-state index contributed by atoms with van der Waals surface area (Å²) in [5.74, 6) is 1.82. The monoisotopic (exact) mass is 386 g/mol. The first-order valence-corrected chi connectivity index (χ1v) is 9.61. The van der Waals surface area contributed by atoms with Crippen LogP contribution >= 0.6 is 11.6 Å². The number of hydrogen-bond acceptors (Lipinski definition) is 2. The lowest BCUT2D eigenvalue weighted by Crippen LogP contribution is -2.04. The van der Waals surface area contributed by atoms with Crippen molar-refractivity contribution in [1.29, 1.82) is 0 Å². The van der Waals surface area contributed by atoms with Crippen LogP contribution in [0.25, 0.3) is 33.4 Å². The summed E-state index contributed by atoms with van der Waals surface area (Å²) in [6.07, 6.45) is 0. The number of imidazole rings is 2. The molecule has 0 aliphatic heterocycles. The van der Waals surface area contributed by atoms with E-state index in [0.717, 1.165) is 50.7 Å². The van der Waals surface area contributed by atoms with Gasteiger partial charge in [0.1, 0.15) is 11.6 Å². The van der Waals surface area contributed by atoms with Crippen LogP contribution in [0.2, 0.25) is 5.02 Å². The van der Waals surface area contributed by atoms with Crippen LogP contribution in [0.3, 0.4) is 0 Å². The number of benzene rings is 3. The minimum absolute atomic E-state index is 0.683. The van der Waals surface area contributed by atoms with E-state index in [4.69, 9.17) is 21.6 Å². The number of fused-ring (bicyclic) bond motifs is 2. The molecule has 0 radical (unpaired) electrons. The van der Waals surface area contributed by atoms with Crippen LogP contribution in [0.4, 0.5) is 0 Å². The lowest BCUT2D eigenvalue weighted by Gasteiger charge is -2.16. The fourth-order valence-electron chi connectivity index (χ4n) is 3.96. The number of aromatic nitrogens is 4. The van der Waals surface area contributed by atoms with Gasteiger partial charge in [-0.25, -0.2) is 9.97 Å². The van der Waals surface area contributed by atoms with Crippen LogP contribution in [0.1, 0.15) is 17.2 Å². The molecule has 0 spiro atoms. The van der Waals surface area contributed by atoms with Crippen molar-refractivity contribution in [3.63, 3.8) is 0 Å². The van der Waals surface area contributed by atoms with E-state index < -0.39 is 0 Å². The zero-order valence-corrected chi connectivity index (χ0v) is 16.7. The molecule has 0 aliphatic carbocycles. The van der Waals surface area contributed by atoms with Crippen molar-refractivity contribution in [2.45, 2.75) is 20.8 Å². The second-order valence-electron chi connectivity index (χ2n) is 7.08. The third-order valence-corrected chi connectivity index (χ3v) is 5.50. The van der Waals surface area contributed by atoms with Crippen molar-refractivity contribution in [1.82, 2.24) is 19.1 Å². The van der Waals surface area contributed by atoms with Crippen molar-refractivity contribution in [3.8, 4) is 11.4 Å². The molecule has 138 valence electrons. The lowest BCUT2D eigenvalue weighted by molar-refractivity contribution is 0.972. The molecular formula is C23H19ClN4. The van der Waals surface area contributed by atoms with Crippen molar-refractivity contribution in [2.75, 3.05) is 0 Å². The smallest absolute Gasteiger partial charge is 0.111 e. The van der Waals surface area contributed by atoms with Gasteiger partial charge >= 0.3 is 0 Å². The highest BCUT2D eigenvalue weighted by Gasteiger charge is 2.18. The molecule has 0 bridgehead atoms. The highest BCUT2D eigenvalue weighted by molar-refractivity contribution is 6.34. The average Bonchev–Trinajstić information content (AvgIpc) is 3.18. The van der Waals surface area contributed by atoms with Gasteiger partial charge in [0, 0.05) is 0 Å². The Hall–Kier alpha value is -3.11. The summed E-state index contributed by atoms with van der Waals surface area (Å²) >= 11 is 7.01. The molecule has 2 heterocycles. The van der Waals surface area contributed by atoms with Crippen LogP contribution < -0.4 is 0 Å². The normalized spacial score (nSPS) is 11.6. The van der Waals surface area contributed by atoms with Crippen LogP contribution in [0.15, 0.2) is 60.7 Å². The number of para-hydroxylation sites is 4. The minimum atomic E-state index is 0.683. The van der Waals surface area contributed by atoms with Gasteiger partial charge in [-0.3, -0.25) is 9.13 Å². The maximum absolute atomic E-state index is 7.01. The number of halogens is 1. The third-order valence-electron chi connectivity index (χ3n) is 5.12. The van der Waals surface area contributed by atoms with Crippen LogP contribution in [0, 0.1) is 20.8 Å². The SMILES string of the molecule is Cc1cc(-n2c(C)nc3ccccc32)c(Cl)c(-n2c(C)nc3ccccc32)c1. The Bertz CT molecular complexity index is 1260. The molecule has 0 aliphatic rings. The molecule has 5 aromatic rings. The summed E-state index contributed by atoms with van der Waals surface area (Å²) in [5, 5.41) is 0.683. The Morgan fingerprint density at radius 2 is 1.11 bits per heavy atom. The van der Waals surface area contributed by atoms with E-state index in [2.05, 4.69) is 40.3 Å². The van der Waals surface area contributed by atoms with E-state index in [1.807, 2.05) is 50.2 Å². The highest BCUT2D eigenvalue weighted by atomic mass is 35.5. The standard InChI is InChI=1S/C23H19ClN4/c1-14-12-21(27-15(2)25-17-8-4-6-10-19(17)27)23(24)22(13-14)28-16(3)26-18-9-5-7-11-20(18)28/h4-13H,1-3H3. The van der Waals surface area contributed by atoms with Gasteiger partial charge < -0.3 is 0 Å². The molecular weight excluding hydrogens is 368 g/mol. The predicted octanol–water partition coefficient (Wildman–Crippen LogP) is 5.94. The zero-order valence-electron chi connectivity index (χ0n) is 15.9. The minimum Gasteiger partial charge on any atom is -0.295 e. The predicted molar refractivity (Wildman–Crippen MR) is 115 cm³/mol. The van der Waals surface area contributed by atoms with Crippen molar-refractivity contribution >= 4 is 33.7 Å². The fraction of sp³-hybridized carbons (Fsp3) is 0.130. The number of aryl methyl sites for hydroxylation is 3. The molecule has 5 heteroatoms. The van der Waals surface area contributed by atoms with E-state index in [1.54, 1.807) is 0 Å². The number of nitrogens with zero attached hydrogens (tertiary/aromatic N) is 4. The van der Waals surface area contributed by atoms with Gasteiger partial charge in [0.2, 0.25) is 0 Å². The third kappa shape index (κ3) is 2.45. The van der Waals surface area contributed by atoms with Crippen molar-refractivity contribution in [2.24, 2.45) is 0 Å². The molecule has 0 saturated heterocycles. The molecule has 3 aromatic carbocycles. The van der Waals surface area contributed by atoms with Crippen molar-refractivity contribution < 1.29 is 0 Å². The van der Waals surface area contributed by atoms with E-state index in [0.29, 0.717) is 5.02 Å². The van der Waals surface area contributed by atoms with Crippen LogP contribution in [0.5, 0.6) is 0 Å². The van der Waals surface area contributed by atoms with Crippen LogP contribution in [-0.4, -0.2) is 19.1 Å². The van der Waals surface area contributed by atoms with E-state index in [9.17, 15) is 0 Å². The Labute approximate surface area is 168 Å². The first-order valence-electron chi connectivity index (χ1n) is 9.23. The van der Waals surface area contributed by atoms with Crippen LogP contribution in [-0.2, 0) is 0 Å². The second kappa shape index (κ2) is 6.21. The molecule has 5 rings (SSSR count). The van der Waals surface area contributed by atoms with Gasteiger partial charge in [0.25, 0.3) is 0 Å². The second-order valence-corrected chi connectivity index (χ2v) is 7.46. The summed E-state index contributed by atoms with van der Waals surface area (Å²) in [6.45, 7) is 6.11. The van der Waals surface area contributed by atoms with Gasteiger partial charge in [-0.1, -0.05) is 35.9 Å². The molecule has 0 N–H and O–H groups in total. The van der Waals surface area contributed by atoms with Gasteiger partial charge in [0.05, 0.1) is 38.5 Å². The number of rotatable bonds is 2. The number of hydrogen-bond donors (Lipinski definition) is 0. The van der Waals surface area contributed by atoms with E-state index >= 15 is 0 Å². The Balaban J connectivity index is 1.84. The van der Waals surface area contributed by atoms with E-state index in [1.165, 1.54) is 0 Å². The summed E-state index contributed by atoms with van der Waals surface area (Å²) < 4.78 is 4.26. The summed E-state index contributed by atoms with van der Waals surface area (Å²) in [7, 11) is 0. The van der Waals surface area contributed by atoms with Gasteiger partial charge in [-0.15, -0.1) is 0 Å². The summed E-state index contributed by atoms with van der Waals surface area (Å²) in [6, 6.07) is 20.5. The maximum atomic E-state index is 7.01. The Kier molecular flexibility index (Phi) is 3.78. The molecule has 0 fully saturated rings. The lowest BCUT2D eigenvalue weighted by atomic mass is 10.1. The molecule has 0 amide bonds. The van der Waals surface area contributed by atoms with Gasteiger partial charge in [-0.2, -0.15) is 0 Å². The average molecular weight is 387 g/mol. The zero-order chi connectivity index (χ0) is 19.4. The molecule has 2 aromatic heterocycles. The first kappa shape index (κ1) is 17.0. The Morgan fingerprint density at radius 3 is 1.57 bits per heavy atom. The molecule has 28 heavy (non-hydrogen) atoms. The maximum Gasteiger partial charge on any atom is 0.111 e. The summed E-state index contributed by atoms with van der Waals surface area (Å²) in [5.41, 5.74) is 7.01. The molecule has 0 saturated carbocycles. The quantitative estimate of drug-likeness (QED) is 0.376. The first-order chi connectivity index (χ1) is 13.5. The van der Waals surface area contributed by atoms with E-state index in [-0.39, 0.29) is 0 Å². The molecule has 4 nitrogen and oxygen atoms in total. The molecule has 0 unspecified atom stereocenters. The highest BCUT2D eigenvalue weighted by Crippen LogP contribution is 2.34. The van der Waals surface area contributed by atoms with Gasteiger partial charge in [0.15, 0.2) is 0 Å². The molecule has 0 atom stereocenters. The van der Waals surface area contributed by atoms with Gasteiger partial charge in [-0.05, 0) is 62.7 Å². The van der Waals surface area contributed by atoms with Crippen molar-refractivity contribution in [3.05, 3.63) is 82.9 Å². The fourth-order valence-corrected chi connectivity index (χ4v) is 4.24. The topological polar surface area (TPSA) is 35.6 Å². The summed E-state index contributed by atoms with van der Waals surface area (Å²) in [4.78, 5) is 9.41. The Morgan fingerprint density at radius 1 is 0.679 bits per heavy atom.